The van der Waals surface area contributed by atoms with Gasteiger partial charge in [-0.2, -0.15) is 0 Å². The quantitative estimate of drug-likeness (QED) is 0.241. The number of nitrogens with one attached hydrogen (secondary N) is 1. The molecule has 162 valence electrons. The van der Waals surface area contributed by atoms with Crippen LogP contribution in [0.3, 0.4) is 0 Å². The van der Waals surface area contributed by atoms with Crippen LogP contribution in [0.5, 0.6) is 0 Å². The molecule has 3 rings (SSSR count). The molecule has 2 fully saturated rings. The molecule has 0 saturated carbocycles. The van der Waals surface area contributed by atoms with Gasteiger partial charge in [-0.1, -0.05) is 24.0 Å². The molecule has 0 bridgehead atoms. The van der Waals surface area contributed by atoms with Crippen molar-refractivity contribution < 1.29 is 31.5 Å². The lowest BCUT2D eigenvalue weighted by atomic mass is 10.1. The molecule has 2 aliphatic rings. The summed E-state index contributed by atoms with van der Waals surface area (Å²) in [6.45, 7) is 2.20. The third-order valence-electron chi connectivity index (χ3n) is 4.48. The van der Waals surface area contributed by atoms with E-state index >= 15 is 0 Å². The first-order chi connectivity index (χ1) is 14.1. The van der Waals surface area contributed by atoms with Crippen molar-refractivity contribution in [3.05, 3.63) is 39.6 Å². The fourth-order valence-corrected chi connectivity index (χ4v) is 4.03. The number of hydrogen-bond acceptors (Lipinski definition) is 6. The summed E-state index contributed by atoms with van der Waals surface area (Å²) in [5, 5.41) is 1.69. The summed E-state index contributed by atoms with van der Waals surface area (Å²) < 4.78 is 67.6. The van der Waals surface area contributed by atoms with Crippen LogP contribution in [0.15, 0.2) is 4.91 Å². The second-order valence-electron chi connectivity index (χ2n) is 6.58. The van der Waals surface area contributed by atoms with Crippen LogP contribution in [0.25, 0.3) is 6.08 Å². The molecule has 0 aliphatic carbocycles. The van der Waals surface area contributed by atoms with Crippen LogP contribution < -0.4 is 5.43 Å². The highest BCUT2D eigenvalue weighted by Gasteiger charge is 2.35. The number of carbonyl (C=O) groups excluding carboxylic acids is 2. The lowest BCUT2D eigenvalue weighted by molar-refractivity contribution is -0.132. The Bertz CT molecular complexity index is 922. The van der Waals surface area contributed by atoms with E-state index < -0.39 is 53.0 Å². The van der Waals surface area contributed by atoms with E-state index in [1.807, 2.05) is 7.05 Å². The number of amides is 2. The number of thioether (sulfide) groups is 1. The molecule has 1 aromatic carbocycles. The zero-order chi connectivity index (χ0) is 22.2. The molecule has 0 aromatic heterocycles. The normalized spacial score (nSPS) is 19.8. The molecule has 30 heavy (non-hydrogen) atoms. The molecule has 1 aromatic rings. The van der Waals surface area contributed by atoms with Crippen molar-refractivity contribution in [2.75, 3.05) is 39.8 Å². The molecule has 0 unspecified atom stereocenters. The van der Waals surface area contributed by atoms with Crippen molar-refractivity contribution in [2.24, 2.45) is 0 Å². The summed E-state index contributed by atoms with van der Waals surface area (Å²) in [4.78, 5) is 27.3. The number of halogens is 5. The maximum absolute atomic E-state index is 13.9. The minimum absolute atomic E-state index is 0.0800. The molecule has 0 radical (unpaired) electrons. The molecule has 2 saturated heterocycles. The number of thiocarbonyl (C=S) groups is 1. The zero-order valence-electron chi connectivity index (χ0n) is 15.5. The number of rotatable bonds is 4. The Balaban J connectivity index is 1.74. The van der Waals surface area contributed by atoms with Crippen molar-refractivity contribution in [1.82, 2.24) is 20.2 Å². The second kappa shape index (κ2) is 8.96. The Morgan fingerprint density at radius 2 is 1.57 bits per heavy atom. The van der Waals surface area contributed by atoms with Crippen LogP contribution >= 0.6 is 24.0 Å². The van der Waals surface area contributed by atoms with Gasteiger partial charge >= 0.3 is 0 Å². The lowest BCUT2D eigenvalue weighted by Crippen LogP contribution is -2.54. The molecule has 13 heteroatoms. The summed E-state index contributed by atoms with van der Waals surface area (Å²) in [6, 6.07) is 0. The smallest absolute Gasteiger partial charge is 0.266 e. The van der Waals surface area contributed by atoms with Gasteiger partial charge in [-0.15, -0.1) is 0 Å². The Kier molecular flexibility index (Phi) is 6.75. The molecule has 2 heterocycles. The number of piperazine rings is 1. The highest BCUT2D eigenvalue weighted by molar-refractivity contribution is 8.26. The first-order valence-electron chi connectivity index (χ1n) is 8.60. The van der Waals surface area contributed by atoms with E-state index in [2.05, 4.69) is 10.3 Å². The third-order valence-corrected chi connectivity index (χ3v) is 5.86. The predicted molar refractivity (Wildman–Crippen MR) is 103 cm³/mol. The molecular formula is C17H15F5N4O2S2. The van der Waals surface area contributed by atoms with Crippen molar-refractivity contribution in [3.63, 3.8) is 0 Å². The van der Waals surface area contributed by atoms with Gasteiger partial charge < -0.3 is 4.90 Å². The fraction of sp³-hybridized carbons (Fsp3) is 0.353. The minimum atomic E-state index is -2.30. The maximum atomic E-state index is 13.9. The predicted octanol–water partition coefficient (Wildman–Crippen LogP) is 1.86. The SMILES string of the molecule is CN1CCN(NC(=O)CN2C(=O)/C(=C/c3c(F)c(F)c(F)c(F)c3F)SC2=S)CC1. The van der Waals surface area contributed by atoms with Crippen molar-refractivity contribution >= 4 is 46.2 Å². The second-order valence-corrected chi connectivity index (χ2v) is 8.25. The number of benzene rings is 1. The van der Waals surface area contributed by atoms with E-state index in [4.69, 9.17) is 12.2 Å². The van der Waals surface area contributed by atoms with Crippen molar-refractivity contribution in [1.29, 1.82) is 0 Å². The molecular weight excluding hydrogens is 451 g/mol. The monoisotopic (exact) mass is 466 g/mol. The van der Waals surface area contributed by atoms with Gasteiger partial charge in [0.25, 0.3) is 11.8 Å². The fourth-order valence-electron chi connectivity index (χ4n) is 2.79. The van der Waals surface area contributed by atoms with E-state index in [0.717, 1.165) is 18.0 Å². The van der Waals surface area contributed by atoms with Crippen molar-refractivity contribution in [2.45, 2.75) is 0 Å². The molecule has 1 N–H and O–H groups in total. The Labute approximate surface area is 177 Å². The van der Waals surface area contributed by atoms with Gasteiger partial charge in [0.05, 0.1) is 10.5 Å². The number of likely N-dealkylation sites (N-methyl/N-ethyl adjacent to an activating group) is 1. The first-order valence-corrected chi connectivity index (χ1v) is 9.82. The van der Waals surface area contributed by atoms with Crippen LogP contribution in [0.4, 0.5) is 22.0 Å². The van der Waals surface area contributed by atoms with Gasteiger partial charge in [0.15, 0.2) is 23.3 Å². The van der Waals surface area contributed by atoms with E-state index in [-0.39, 0.29) is 9.23 Å². The summed E-state index contributed by atoms with van der Waals surface area (Å²) >= 11 is 5.61. The van der Waals surface area contributed by atoms with Gasteiger partial charge in [0, 0.05) is 26.2 Å². The Morgan fingerprint density at radius 3 is 2.13 bits per heavy atom. The first kappa shape index (κ1) is 22.6. The average molecular weight is 466 g/mol. The summed E-state index contributed by atoms with van der Waals surface area (Å²) in [5.41, 5.74) is 1.38. The van der Waals surface area contributed by atoms with Gasteiger partial charge in [0.1, 0.15) is 10.9 Å². The number of hydrazine groups is 1. The van der Waals surface area contributed by atoms with Gasteiger partial charge in [-0.05, 0) is 13.1 Å². The maximum Gasteiger partial charge on any atom is 0.266 e. The van der Waals surface area contributed by atoms with E-state index in [1.54, 1.807) is 5.01 Å². The van der Waals surface area contributed by atoms with Gasteiger partial charge in [0.2, 0.25) is 5.82 Å². The molecule has 0 spiro atoms. The van der Waals surface area contributed by atoms with Crippen LogP contribution in [-0.4, -0.2) is 70.7 Å². The highest BCUT2D eigenvalue weighted by Crippen LogP contribution is 2.34. The van der Waals surface area contributed by atoms with Gasteiger partial charge in [-0.25, -0.2) is 27.0 Å². The minimum Gasteiger partial charge on any atom is -0.304 e. The number of hydrogen-bond donors (Lipinski definition) is 1. The van der Waals surface area contributed by atoms with E-state index in [0.29, 0.717) is 30.9 Å². The summed E-state index contributed by atoms with van der Waals surface area (Å²) in [6.07, 6.45) is 0.536. The van der Waals surface area contributed by atoms with Crippen LogP contribution in [0.1, 0.15) is 5.56 Å². The highest BCUT2D eigenvalue weighted by atomic mass is 32.2. The number of carbonyl (C=O) groups is 2. The topological polar surface area (TPSA) is 55.9 Å². The average Bonchev–Trinajstić information content (AvgIpc) is 2.97. The Hall–Kier alpha value is -2.09. The van der Waals surface area contributed by atoms with Crippen molar-refractivity contribution in [3.8, 4) is 0 Å². The van der Waals surface area contributed by atoms with E-state index in [9.17, 15) is 31.5 Å². The lowest BCUT2D eigenvalue weighted by Gasteiger charge is -2.32. The van der Waals surface area contributed by atoms with E-state index in [1.165, 1.54) is 0 Å². The standard InChI is InChI=1S/C17H15F5N4O2S2/c1-24-2-4-25(5-3-24)23-10(27)7-26-16(28)9(30-17(26)29)6-8-11(18)13(20)15(22)14(21)12(8)19/h6H,2-5,7H2,1H3,(H,23,27)/b9-6-. The molecule has 2 aliphatic heterocycles. The van der Waals surface area contributed by atoms with Crippen LogP contribution in [0, 0.1) is 29.1 Å². The molecule has 0 atom stereocenters. The molecule has 6 nitrogen and oxygen atoms in total. The molecule has 2 amide bonds. The third kappa shape index (κ3) is 4.48. The Morgan fingerprint density at radius 1 is 1.03 bits per heavy atom. The van der Waals surface area contributed by atoms with Gasteiger partial charge in [-0.3, -0.25) is 19.9 Å². The van der Waals surface area contributed by atoms with Crippen LogP contribution in [0.2, 0.25) is 0 Å². The summed E-state index contributed by atoms with van der Waals surface area (Å²) in [5.74, 6) is -12.1. The van der Waals surface area contributed by atoms with Crippen LogP contribution in [-0.2, 0) is 9.59 Å². The number of nitrogens with zero attached hydrogens (tertiary/aromatic N) is 3. The largest absolute Gasteiger partial charge is 0.304 e. The summed E-state index contributed by atoms with van der Waals surface area (Å²) in [7, 11) is 1.94. The zero-order valence-corrected chi connectivity index (χ0v) is 17.1.